The van der Waals surface area contributed by atoms with Crippen LogP contribution in [0.2, 0.25) is 0 Å². The molecule has 0 aliphatic rings. The average molecular weight is 385 g/mol. The number of para-hydroxylation sites is 1. The maximum absolute atomic E-state index is 13.5. The largest absolute Gasteiger partial charge is 0.496 e. The minimum absolute atomic E-state index is 0.0281. The molecule has 1 aromatic heterocycles. The second-order valence-electron chi connectivity index (χ2n) is 5.91. The number of ether oxygens (including phenoxy) is 1. The van der Waals surface area contributed by atoms with E-state index in [-0.39, 0.29) is 17.5 Å². The maximum Gasteiger partial charge on any atom is 0.233 e. The summed E-state index contributed by atoms with van der Waals surface area (Å²) in [5, 5.41) is 0.639. The first-order valence-corrected chi connectivity index (χ1v) is 9.35. The summed E-state index contributed by atoms with van der Waals surface area (Å²) in [6.07, 6.45) is 3.39. The van der Waals surface area contributed by atoms with E-state index < -0.39 is 0 Å². The first-order chi connectivity index (χ1) is 13.1. The van der Waals surface area contributed by atoms with Gasteiger partial charge >= 0.3 is 0 Å². The van der Waals surface area contributed by atoms with Gasteiger partial charge in [-0.1, -0.05) is 36.0 Å². The molecule has 0 saturated carbocycles. The molecule has 0 fully saturated rings. The van der Waals surface area contributed by atoms with Crippen molar-refractivity contribution in [1.29, 1.82) is 0 Å². The van der Waals surface area contributed by atoms with E-state index in [9.17, 15) is 9.18 Å². The van der Waals surface area contributed by atoms with Crippen LogP contribution in [0.25, 0.3) is 5.69 Å². The van der Waals surface area contributed by atoms with Crippen LogP contribution in [0.4, 0.5) is 4.39 Å². The van der Waals surface area contributed by atoms with E-state index in [0.29, 0.717) is 17.4 Å². The van der Waals surface area contributed by atoms with Crippen LogP contribution >= 0.6 is 11.8 Å². The molecular weight excluding hydrogens is 365 g/mol. The first-order valence-electron chi connectivity index (χ1n) is 8.36. The summed E-state index contributed by atoms with van der Waals surface area (Å²) in [5.41, 5.74) is 1.62. The Kier molecular flexibility index (Phi) is 6.13. The number of imidazole rings is 1. The van der Waals surface area contributed by atoms with Gasteiger partial charge in [-0.3, -0.25) is 9.36 Å². The highest BCUT2D eigenvalue weighted by atomic mass is 32.2. The first kappa shape index (κ1) is 19.0. The lowest BCUT2D eigenvalue weighted by atomic mass is 10.2. The Bertz CT molecular complexity index is 929. The molecule has 140 valence electrons. The summed E-state index contributed by atoms with van der Waals surface area (Å²) < 4.78 is 20.6. The summed E-state index contributed by atoms with van der Waals surface area (Å²) in [5.74, 6) is 0.647. The predicted molar refractivity (Wildman–Crippen MR) is 104 cm³/mol. The van der Waals surface area contributed by atoms with E-state index in [1.165, 1.54) is 23.9 Å². The summed E-state index contributed by atoms with van der Waals surface area (Å²) in [7, 11) is 3.37. The molecule has 0 radical (unpaired) electrons. The van der Waals surface area contributed by atoms with Crippen LogP contribution in [0.1, 0.15) is 5.56 Å². The van der Waals surface area contributed by atoms with E-state index >= 15 is 0 Å². The second-order valence-corrected chi connectivity index (χ2v) is 6.85. The SMILES string of the molecule is COc1ccccc1CN(C)C(=O)CSc1nccn1-c1cccc(F)c1. The average Bonchev–Trinajstić information content (AvgIpc) is 3.15. The van der Waals surface area contributed by atoms with Gasteiger partial charge in [0.25, 0.3) is 0 Å². The number of carbonyl (C=O) groups excluding carboxylic acids is 1. The van der Waals surface area contributed by atoms with E-state index in [4.69, 9.17) is 4.74 Å². The van der Waals surface area contributed by atoms with Crippen molar-refractivity contribution in [2.75, 3.05) is 19.9 Å². The Morgan fingerprint density at radius 3 is 2.85 bits per heavy atom. The van der Waals surface area contributed by atoms with Gasteiger partial charge in [-0.25, -0.2) is 9.37 Å². The number of aromatic nitrogens is 2. The van der Waals surface area contributed by atoms with Gasteiger partial charge in [0.15, 0.2) is 5.16 Å². The zero-order chi connectivity index (χ0) is 19.2. The van der Waals surface area contributed by atoms with Crippen molar-refractivity contribution in [1.82, 2.24) is 14.5 Å². The fourth-order valence-electron chi connectivity index (χ4n) is 2.63. The molecule has 0 bridgehead atoms. The van der Waals surface area contributed by atoms with E-state index in [0.717, 1.165) is 11.3 Å². The van der Waals surface area contributed by atoms with Gasteiger partial charge in [0.05, 0.1) is 18.6 Å². The number of hydrogen-bond donors (Lipinski definition) is 0. The van der Waals surface area contributed by atoms with Crippen molar-refractivity contribution in [2.24, 2.45) is 0 Å². The van der Waals surface area contributed by atoms with Crippen LogP contribution in [-0.4, -0.2) is 40.3 Å². The van der Waals surface area contributed by atoms with Crippen molar-refractivity contribution >= 4 is 17.7 Å². The molecule has 0 atom stereocenters. The molecule has 3 rings (SSSR count). The number of nitrogens with zero attached hydrogens (tertiary/aromatic N) is 3. The number of halogens is 1. The summed E-state index contributed by atoms with van der Waals surface area (Å²) in [4.78, 5) is 18.4. The van der Waals surface area contributed by atoms with Crippen molar-refractivity contribution in [3.05, 3.63) is 72.3 Å². The predicted octanol–water partition coefficient (Wildman–Crippen LogP) is 3.77. The van der Waals surface area contributed by atoms with Crippen molar-refractivity contribution in [3.8, 4) is 11.4 Å². The smallest absolute Gasteiger partial charge is 0.233 e. The highest BCUT2D eigenvalue weighted by Gasteiger charge is 2.14. The molecule has 1 amide bonds. The monoisotopic (exact) mass is 385 g/mol. The number of thioether (sulfide) groups is 1. The van der Waals surface area contributed by atoms with Crippen molar-refractivity contribution in [3.63, 3.8) is 0 Å². The standard InChI is InChI=1S/C20H20FN3O2S/c1-23(13-15-6-3-4-9-18(15)26-2)19(25)14-27-20-22-10-11-24(20)17-8-5-7-16(21)12-17/h3-12H,13-14H2,1-2H3. The van der Waals surface area contributed by atoms with Gasteiger partial charge in [0.2, 0.25) is 5.91 Å². The van der Waals surface area contributed by atoms with E-state index in [1.807, 2.05) is 24.3 Å². The second kappa shape index (κ2) is 8.73. The lowest BCUT2D eigenvalue weighted by Gasteiger charge is -2.18. The normalized spacial score (nSPS) is 10.6. The van der Waals surface area contributed by atoms with Crippen LogP contribution in [-0.2, 0) is 11.3 Å². The van der Waals surface area contributed by atoms with Crippen LogP contribution in [0.15, 0.2) is 66.1 Å². The number of hydrogen-bond acceptors (Lipinski definition) is 4. The molecule has 27 heavy (non-hydrogen) atoms. The molecule has 0 N–H and O–H groups in total. The lowest BCUT2D eigenvalue weighted by molar-refractivity contribution is -0.127. The van der Waals surface area contributed by atoms with Crippen LogP contribution in [0.5, 0.6) is 5.75 Å². The minimum Gasteiger partial charge on any atom is -0.496 e. The van der Waals surface area contributed by atoms with E-state index in [2.05, 4.69) is 4.98 Å². The fourth-order valence-corrected chi connectivity index (χ4v) is 3.55. The molecule has 0 aliphatic heterocycles. The molecule has 0 spiro atoms. The zero-order valence-corrected chi connectivity index (χ0v) is 15.9. The topological polar surface area (TPSA) is 47.4 Å². The van der Waals surface area contributed by atoms with Gasteiger partial charge in [0.1, 0.15) is 11.6 Å². The number of rotatable bonds is 7. The van der Waals surface area contributed by atoms with Crippen molar-refractivity contribution in [2.45, 2.75) is 11.7 Å². The lowest BCUT2D eigenvalue weighted by Crippen LogP contribution is -2.28. The quantitative estimate of drug-likeness (QED) is 0.581. The van der Waals surface area contributed by atoms with Crippen LogP contribution < -0.4 is 4.74 Å². The van der Waals surface area contributed by atoms with E-state index in [1.54, 1.807) is 48.2 Å². The number of amides is 1. The highest BCUT2D eigenvalue weighted by molar-refractivity contribution is 7.99. The maximum atomic E-state index is 13.5. The Morgan fingerprint density at radius 1 is 1.26 bits per heavy atom. The molecule has 0 aliphatic carbocycles. The van der Waals surface area contributed by atoms with Gasteiger partial charge in [-0.05, 0) is 24.3 Å². The van der Waals surface area contributed by atoms with Gasteiger partial charge in [0, 0.05) is 31.5 Å². The summed E-state index contributed by atoms with van der Waals surface area (Å²) in [6.45, 7) is 0.460. The molecule has 2 aromatic carbocycles. The Morgan fingerprint density at radius 2 is 2.07 bits per heavy atom. The minimum atomic E-state index is -0.315. The number of benzene rings is 2. The third-order valence-corrected chi connectivity index (χ3v) is 5.00. The Balaban J connectivity index is 1.64. The molecule has 0 unspecified atom stereocenters. The fraction of sp³-hybridized carbons (Fsp3) is 0.200. The Hall–Kier alpha value is -2.80. The molecule has 7 heteroatoms. The number of carbonyl (C=O) groups is 1. The van der Waals surface area contributed by atoms with Gasteiger partial charge in [-0.15, -0.1) is 0 Å². The van der Waals surface area contributed by atoms with Crippen LogP contribution in [0.3, 0.4) is 0 Å². The molecule has 3 aromatic rings. The summed E-state index contributed by atoms with van der Waals surface area (Å²) in [6, 6.07) is 13.9. The molecule has 0 saturated heterocycles. The van der Waals surface area contributed by atoms with Gasteiger partial charge in [-0.2, -0.15) is 0 Å². The molecular formula is C20H20FN3O2S. The summed E-state index contributed by atoms with van der Waals surface area (Å²) >= 11 is 1.32. The van der Waals surface area contributed by atoms with Crippen molar-refractivity contribution < 1.29 is 13.9 Å². The zero-order valence-electron chi connectivity index (χ0n) is 15.1. The van der Waals surface area contributed by atoms with Crippen LogP contribution in [0, 0.1) is 5.82 Å². The highest BCUT2D eigenvalue weighted by Crippen LogP contribution is 2.22. The molecule has 1 heterocycles. The van der Waals surface area contributed by atoms with Gasteiger partial charge < -0.3 is 9.64 Å². The number of methoxy groups -OCH3 is 1. The Labute approximate surface area is 161 Å². The third-order valence-electron chi connectivity index (χ3n) is 4.04. The third kappa shape index (κ3) is 4.68. The molecule has 5 nitrogen and oxygen atoms in total.